The third-order valence-corrected chi connectivity index (χ3v) is 3.57. The molecule has 1 atom stereocenters. The van der Waals surface area contributed by atoms with Crippen molar-refractivity contribution in [1.29, 1.82) is 0 Å². The fourth-order valence-corrected chi connectivity index (χ4v) is 2.58. The van der Waals surface area contributed by atoms with E-state index in [-0.39, 0.29) is 17.6 Å². The van der Waals surface area contributed by atoms with Crippen LogP contribution in [0.25, 0.3) is 0 Å². The Labute approximate surface area is 107 Å². The van der Waals surface area contributed by atoms with E-state index >= 15 is 0 Å². The highest BCUT2D eigenvalue weighted by Gasteiger charge is 2.31. The lowest BCUT2D eigenvalue weighted by Crippen LogP contribution is -2.38. The highest BCUT2D eigenvalue weighted by Crippen LogP contribution is 2.26. The van der Waals surface area contributed by atoms with Crippen LogP contribution in [-0.2, 0) is 0 Å². The highest BCUT2D eigenvalue weighted by molar-refractivity contribution is 5.95. The molecule has 1 aliphatic rings. The molecule has 0 saturated carbocycles. The maximum atomic E-state index is 13.1. The summed E-state index contributed by atoms with van der Waals surface area (Å²) in [4.78, 5) is 14.3. The minimum Gasteiger partial charge on any atom is -0.396 e. The molecule has 2 rings (SSSR count). The Hall–Kier alpha value is -1.58. The van der Waals surface area contributed by atoms with E-state index in [1.165, 1.54) is 18.2 Å². The van der Waals surface area contributed by atoms with Gasteiger partial charge in [-0.1, -0.05) is 13.8 Å². The van der Waals surface area contributed by atoms with Gasteiger partial charge in [0.15, 0.2) is 0 Å². The molecule has 1 aliphatic heterocycles. The van der Waals surface area contributed by atoms with Gasteiger partial charge in [0.05, 0.1) is 5.69 Å². The van der Waals surface area contributed by atoms with Crippen molar-refractivity contribution in [3.8, 4) is 0 Å². The highest BCUT2D eigenvalue weighted by atomic mass is 19.1. The summed E-state index contributed by atoms with van der Waals surface area (Å²) in [6, 6.07) is 4.46. The van der Waals surface area contributed by atoms with E-state index in [0.717, 1.165) is 19.4 Å². The summed E-state index contributed by atoms with van der Waals surface area (Å²) < 4.78 is 13.1. The van der Waals surface area contributed by atoms with Crippen molar-refractivity contribution in [1.82, 2.24) is 4.90 Å². The number of anilines is 1. The first-order chi connectivity index (χ1) is 8.50. The molecule has 4 heteroatoms. The lowest BCUT2D eigenvalue weighted by molar-refractivity contribution is 0.0701. The zero-order valence-electron chi connectivity index (χ0n) is 10.8. The van der Waals surface area contributed by atoms with Gasteiger partial charge in [-0.05, 0) is 37.0 Å². The lowest BCUT2D eigenvalue weighted by atomic mass is 10.0. The summed E-state index contributed by atoms with van der Waals surface area (Å²) in [5.74, 6) is -0.0828. The van der Waals surface area contributed by atoms with Crippen LogP contribution in [0.2, 0.25) is 0 Å². The Kier molecular flexibility index (Phi) is 3.55. The molecule has 0 aliphatic carbocycles. The Morgan fingerprint density at radius 3 is 2.83 bits per heavy atom. The average molecular weight is 250 g/mol. The number of likely N-dealkylation sites (tertiary alicyclic amines) is 1. The lowest BCUT2D eigenvalue weighted by Gasteiger charge is -2.27. The van der Waals surface area contributed by atoms with Gasteiger partial charge in [-0.3, -0.25) is 4.79 Å². The zero-order chi connectivity index (χ0) is 13.3. The van der Waals surface area contributed by atoms with Gasteiger partial charge in [0.25, 0.3) is 5.91 Å². The van der Waals surface area contributed by atoms with Gasteiger partial charge < -0.3 is 10.6 Å². The van der Waals surface area contributed by atoms with Crippen LogP contribution in [0, 0.1) is 11.7 Å². The molecule has 1 aromatic rings. The van der Waals surface area contributed by atoms with E-state index in [9.17, 15) is 9.18 Å². The van der Waals surface area contributed by atoms with E-state index < -0.39 is 5.82 Å². The van der Waals surface area contributed by atoms with Crippen molar-refractivity contribution < 1.29 is 9.18 Å². The van der Waals surface area contributed by atoms with E-state index in [2.05, 4.69) is 13.8 Å². The molecule has 2 N–H and O–H groups in total. The van der Waals surface area contributed by atoms with E-state index in [1.807, 2.05) is 4.90 Å². The van der Waals surface area contributed by atoms with Crippen molar-refractivity contribution in [2.45, 2.75) is 32.7 Å². The van der Waals surface area contributed by atoms with Gasteiger partial charge >= 0.3 is 0 Å². The van der Waals surface area contributed by atoms with Crippen molar-refractivity contribution in [3.63, 3.8) is 0 Å². The summed E-state index contributed by atoms with van der Waals surface area (Å²) in [6.45, 7) is 5.02. The first-order valence-electron chi connectivity index (χ1n) is 6.36. The standard InChI is InChI=1S/C14H19FN2O/c1-9(2)13-4-3-7-17(13)14(18)10-5-6-11(15)12(16)8-10/h5-6,8-9,13H,3-4,7,16H2,1-2H3. The van der Waals surface area contributed by atoms with Crippen molar-refractivity contribution >= 4 is 11.6 Å². The largest absolute Gasteiger partial charge is 0.396 e. The van der Waals surface area contributed by atoms with Crippen LogP contribution in [-0.4, -0.2) is 23.4 Å². The number of nitrogens with zero attached hydrogens (tertiary/aromatic N) is 1. The number of halogens is 1. The fraction of sp³-hybridized carbons (Fsp3) is 0.500. The molecule has 1 amide bonds. The van der Waals surface area contributed by atoms with Crippen LogP contribution in [0.5, 0.6) is 0 Å². The van der Waals surface area contributed by atoms with Crippen molar-refractivity contribution in [2.24, 2.45) is 5.92 Å². The quantitative estimate of drug-likeness (QED) is 0.820. The third kappa shape index (κ3) is 2.33. The van der Waals surface area contributed by atoms with E-state index in [0.29, 0.717) is 11.5 Å². The summed E-state index contributed by atoms with van der Waals surface area (Å²) in [5.41, 5.74) is 6.01. The van der Waals surface area contributed by atoms with Crippen LogP contribution in [0.15, 0.2) is 18.2 Å². The Morgan fingerprint density at radius 2 is 2.22 bits per heavy atom. The zero-order valence-corrected chi connectivity index (χ0v) is 10.8. The third-order valence-electron chi connectivity index (χ3n) is 3.57. The molecule has 0 spiro atoms. The summed E-state index contributed by atoms with van der Waals surface area (Å²) >= 11 is 0. The second-order valence-corrected chi connectivity index (χ2v) is 5.19. The normalized spacial score (nSPS) is 19.6. The van der Waals surface area contributed by atoms with E-state index in [1.54, 1.807) is 0 Å². The second-order valence-electron chi connectivity index (χ2n) is 5.19. The molecule has 1 saturated heterocycles. The number of carbonyl (C=O) groups excluding carboxylic acids is 1. The Balaban J connectivity index is 2.22. The molecule has 0 aromatic heterocycles. The van der Waals surface area contributed by atoms with E-state index in [4.69, 9.17) is 5.73 Å². The van der Waals surface area contributed by atoms with Crippen LogP contribution < -0.4 is 5.73 Å². The molecule has 3 nitrogen and oxygen atoms in total. The molecule has 0 radical (unpaired) electrons. The molecular weight excluding hydrogens is 231 g/mol. The van der Waals surface area contributed by atoms with Gasteiger partial charge in [0.1, 0.15) is 5.82 Å². The SMILES string of the molecule is CC(C)C1CCCN1C(=O)c1ccc(F)c(N)c1. The predicted molar refractivity (Wildman–Crippen MR) is 69.7 cm³/mol. The second kappa shape index (κ2) is 4.96. The van der Waals surface area contributed by atoms with Crippen molar-refractivity contribution in [3.05, 3.63) is 29.6 Å². The first kappa shape index (κ1) is 12.9. The molecule has 1 heterocycles. The number of nitrogen functional groups attached to an aromatic ring is 1. The molecule has 98 valence electrons. The van der Waals surface area contributed by atoms with Gasteiger partial charge in [-0.15, -0.1) is 0 Å². The molecule has 18 heavy (non-hydrogen) atoms. The smallest absolute Gasteiger partial charge is 0.254 e. The average Bonchev–Trinajstić information content (AvgIpc) is 2.81. The number of amides is 1. The molecule has 0 bridgehead atoms. The van der Waals surface area contributed by atoms with Crippen LogP contribution in [0.1, 0.15) is 37.0 Å². The first-order valence-corrected chi connectivity index (χ1v) is 6.36. The van der Waals surface area contributed by atoms with Gasteiger partial charge in [-0.2, -0.15) is 0 Å². The monoisotopic (exact) mass is 250 g/mol. The predicted octanol–water partition coefficient (Wildman–Crippen LogP) is 2.67. The van der Waals surface area contributed by atoms with Crippen LogP contribution in [0.3, 0.4) is 0 Å². The molecule has 1 unspecified atom stereocenters. The number of benzene rings is 1. The fourth-order valence-electron chi connectivity index (χ4n) is 2.58. The van der Waals surface area contributed by atoms with Crippen LogP contribution in [0.4, 0.5) is 10.1 Å². The Morgan fingerprint density at radius 1 is 1.50 bits per heavy atom. The Bertz CT molecular complexity index is 459. The van der Waals surface area contributed by atoms with Gasteiger partial charge in [0.2, 0.25) is 0 Å². The summed E-state index contributed by atoms with van der Waals surface area (Å²) in [6.07, 6.45) is 2.07. The summed E-state index contributed by atoms with van der Waals surface area (Å²) in [5, 5.41) is 0. The number of rotatable bonds is 2. The number of carbonyl (C=O) groups is 1. The maximum Gasteiger partial charge on any atom is 0.254 e. The van der Waals surface area contributed by atoms with Gasteiger partial charge in [0, 0.05) is 18.2 Å². The van der Waals surface area contributed by atoms with Gasteiger partial charge in [-0.25, -0.2) is 4.39 Å². The van der Waals surface area contributed by atoms with Crippen LogP contribution >= 0.6 is 0 Å². The summed E-state index contributed by atoms with van der Waals surface area (Å²) in [7, 11) is 0. The number of hydrogen-bond acceptors (Lipinski definition) is 2. The molecular formula is C14H19FN2O. The number of nitrogens with two attached hydrogens (primary N) is 1. The minimum absolute atomic E-state index is 0.0288. The van der Waals surface area contributed by atoms with Crippen molar-refractivity contribution in [2.75, 3.05) is 12.3 Å². The minimum atomic E-state index is -0.478. The number of hydrogen-bond donors (Lipinski definition) is 1. The molecule has 1 aromatic carbocycles. The molecule has 1 fully saturated rings. The topological polar surface area (TPSA) is 46.3 Å². The maximum absolute atomic E-state index is 13.1.